The highest BCUT2D eigenvalue weighted by molar-refractivity contribution is 6.07. The van der Waals surface area contributed by atoms with Crippen LogP contribution in [-0.4, -0.2) is 42.2 Å². The van der Waals surface area contributed by atoms with E-state index in [0.717, 1.165) is 22.5 Å². The fourth-order valence-electron chi connectivity index (χ4n) is 4.58. The van der Waals surface area contributed by atoms with Crippen molar-refractivity contribution in [3.8, 4) is 0 Å². The van der Waals surface area contributed by atoms with Gasteiger partial charge in [0.1, 0.15) is 0 Å². The van der Waals surface area contributed by atoms with Crippen molar-refractivity contribution in [1.82, 2.24) is 9.47 Å². The lowest BCUT2D eigenvalue weighted by Gasteiger charge is -2.28. The summed E-state index contributed by atoms with van der Waals surface area (Å²) in [5.74, 6) is -0.131. The topological polar surface area (TPSA) is 60.5 Å². The van der Waals surface area contributed by atoms with Crippen LogP contribution >= 0.6 is 12.4 Å². The van der Waals surface area contributed by atoms with Crippen molar-refractivity contribution in [2.24, 2.45) is 5.73 Å². The fraction of sp³-hybridized carbons (Fsp3) is 0.346. The van der Waals surface area contributed by atoms with E-state index >= 15 is 0 Å². The predicted octanol–water partition coefficient (Wildman–Crippen LogP) is 5.42. The van der Waals surface area contributed by atoms with Crippen LogP contribution in [0.4, 0.5) is 13.2 Å². The number of carbonyl (C=O) groups excluding carboxylic acids is 1. The molecule has 4 rings (SSSR count). The Morgan fingerprint density at radius 3 is 2.60 bits per heavy atom. The van der Waals surface area contributed by atoms with Gasteiger partial charge in [0.25, 0.3) is 5.91 Å². The molecular formula is C26H29ClF3N3O2. The first-order valence-electron chi connectivity index (χ1n) is 11.2. The molecular weight excluding hydrogens is 479 g/mol. The number of aromatic nitrogens is 1. The molecule has 0 saturated carbocycles. The molecule has 0 bridgehead atoms. The molecule has 2 N–H and O–H groups in total. The van der Waals surface area contributed by atoms with Crippen LogP contribution in [0, 0.1) is 6.92 Å². The Labute approximate surface area is 208 Å². The second-order valence-electron chi connectivity index (χ2n) is 8.51. The number of nitrogens with two attached hydrogens (primary N) is 1. The molecule has 1 aromatic heterocycles. The van der Waals surface area contributed by atoms with Gasteiger partial charge in [0.15, 0.2) is 0 Å². The largest absolute Gasteiger partial charge is 0.416 e. The van der Waals surface area contributed by atoms with E-state index in [9.17, 15) is 18.0 Å². The van der Waals surface area contributed by atoms with Gasteiger partial charge in [0, 0.05) is 44.9 Å². The monoisotopic (exact) mass is 507 g/mol. The summed E-state index contributed by atoms with van der Waals surface area (Å²) in [5, 5.41) is 0.867. The molecule has 1 aliphatic rings. The maximum absolute atomic E-state index is 13.6. The Bertz CT molecular complexity index is 1250. The van der Waals surface area contributed by atoms with Gasteiger partial charge < -0.3 is 19.9 Å². The summed E-state index contributed by atoms with van der Waals surface area (Å²) < 4.78 is 48.0. The number of hydrogen-bond donors (Lipinski definition) is 1. The number of carbonyl (C=O) groups is 1. The SMILES string of the molecule is COCCn1cc(C(=O)N2CC=C(c3cc(CN)ccc3C(F)(F)F)CC2)c2cccc(C)c21.Cl. The van der Waals surface area contributed by atoms with Crippen molar-refractivity contribution in [3.05, 3.63) is 76.5 Å². The average molecular weight is 508 g/mol. The number of ether oxygens (including phenoxy) is 1. The Hall–Kier alpha value is -2.81. The summed E-state index contributed by atoms with van der Waals surface area (Å²) in [6, 6.07) is 9.87. The van der Waals surface area contributed by atoms with Crippen LogP contribution < -0.4 is 5.73 Å². The number of fused-ring (bicyclic) bond motifs is 1. The third-order valence-electron chi connectivity index (χ3n) is 6.33. The number of hydrogen-bond acceptors (Lipinski definition) is 3. The molecule has 0 unspecified atom stereocenters. The fourth-order valence-corrected chi connectivity index (χ4v) is 4.58. The predicted molar refractivity (Wildman–Crippen MR) is 134 cm³/mol. The zero-order chi connectivity index (χ0) is 24.5. The van der Waals surface area contributed by atoms with Crippen molar-refractivity contribution < 1.29 is 22.7 Å². The molecule has 0 fully saturated rings. The van der Waals surface area contributed by atoms with Gasteiger partial charge in [-0.1, -0.05) is 30.3 Å². The quantitative estimate of drug-likeness (QED) is 0.484. The van der Waals surface area contributed by atoms with E-state index in [0.29, 0.717) is 42.8 Å². The van der Waals surface area contributed by atoms with Gasteiger partial charge in [-0.05, 0) is 47.7 Å². The average Bonchev–Trinajstić information content (AvgIpc) is 3.21. The summed E-state index contributed by atoms with van der Waals surface area (Å²) in [5.41, 5.74) is 9.00. The van der Waals surface area contributed by atoms with Crippen molar-refractivity contribution in [1.29, 1.82) is 0 Å². The number of rotatable bonds is 6. The van der Waals surface area contributed by atoms with Gasteiger partial charge in [0.2, 0.25) is 0 Å². The Morgan fingerprint density at radius 1 is 1.20 bits per heavy atom. The number of benzene rings is 2. The molecule has 35 heavy (non-hydrogen) atoms. The van der Waals surface area contributed by atoms with E-state index in [2.05, 4.69) is 0 Å². The molecule has 2 heterocycles. The lowest BCUT2D eigenvalue weighted by molar-refractivity contribution is -0.137. The first-order valence-corrected chi connectivity index (χ1v) is 11.2. The number of alkyl halides is 3. The van der Waals surface area contributed by atoms with Crippen LogP contribution in [0.5, 0.6) is 0 Å². The Kier molecular flexibility index (Phi) is 8.30. The van der Waals surface area contributed by atoms with E-state index in [1.165, 1.54) is 12.1 Å². The van der Waals surface area contributed by atoms with E-state index in [1.54, 1.807) is 18.1 Å². The number of nitrogens with zero attached hydrogens (tertiary/aromatic N) is 2. The van der Waals surface area contributed by atoms with Crippen LogP contribution in [0.15, 0.2) is 48.7 Å². The number of halogens is 4. The van der Waals surface area contributed by atoms with Gasteiger partial charge in [0.05, 0.1) is 23.3 Å². The third kappa shape index (κ3) is 5.39. The highest BCUT2D eigenvalue weighted by atomic mass is 35.5. The number of aryl methyl sites for hydroxylation is 1. The lowest BCUT2D eigenvalue weighted by Crippen LogP contribution is -2.34. The van der Waals surface area contributed by atoms with Crippen LogP contribution in [-0.2, 0) is 24.0 Å². The van der Waals surface area contributed by atoms with E-state index < -0.39 is 11.7 Å². The molecule has 0 saturated heterocycles. The van der Waals surface area contributed by atoms with Crippen molar-refractivity contribution in [2.75, 3.05) is 26.8 Å². The third-order valence-corrected chi connectivity index (χ3v) is 6.33. The van der Waals surface area contributed by atoms with Gasteiger partial charge >= 0.3 is 6.18 Å². The first-order chi connectivity index (χ1) is 16.2. The highest BCUT2D eigenvalue weighted by Gasteiger charge is 2.35. The second-order valence-corrected chi connectivity index (χ2v) is 8.51. The maximum atomic E-state index is 13.6. The van der Waals surface area contributed by atoms with Crippen LogP contribution in [0.2, 0.25) is 0 Å². The number of amides is 1. The molecule has 5 nitrogen and oxygen atoms in total. The van der Waals surface area contributed by atoms with Crippen molar-refractivity contribution in [3.63, 3.8) is 0 Å². The smallest absolute Gasteiger partial charge is 0.383 e. The molecule has 1 amide bonds. The minimum atomic E-state index is -4.46. The van der Waals surface area contributed by atoms with Crippen LogP contribution in [0.25, 0.3) is 16.5 Å². The van der Waals surface area contributed by atoms with Gasteiger partial charge in [-0.15, -0.1) is 12.4 Å². The first kappa shape index (κ1) is 26.8. The number of methoxy groups -OCH3 is 1. The molecule has 0 atom stereocenters. The summed E-state index contributed by atoms with van der Waals surface area (Å²) in [7, 11) is 1.63. The minimum Gasteiger partial charge on any atom is -0.383 e. The summed E-state index contributed by atoms with van der Waals surface area (Å²) in [4.78, 5) is 15.1. The molecule has 3 aromatic rings. The van der Waals surface area contributed by atoms with Crippen LogP contribution in [0.1, 0.15) is 39.0 Å². The van der Waals surface area contributed by atoms with Gasteiger partial charge in [-0.25, -0.2) is 0 Å². The Balaban J connectivity index is 0.00000342. The highest BCUT2D eigenvalue weighted by Crippen LogP contribution is 2.37. The van der Waals surface area contributed by atoms with Crippen LogP contribution in [0.3, 0.4) is 0 Å². The van der Waals surface area contributed by atoms with Crippen molar-refractivity contribution >= 4 is 34.8 Å². The van der Waals surface area contributed by atoms with E-state index in [4.69, 9.17) is 10.5 Å². The minimum absolute atomic E-state index is 0. The zero-order valence-corrected chi connectivity index (χ0v) is 20.5. The zero-order valence-electron chi connectivity index (χ0n) is 19.7. The van der Waals surface area contributed by atoms with Gasteiger partial charge in [-0.3, -0.25) is 4.79 Å². The molecule has 0 radical (unpaired) electrons. The molecule has 0 spiro atoms. The van der Waals surface area contributed by atoms with Gasteiger partial charge in [-0.2, -0.15) is 13.2 Å². The Morgan fingerprint density at radius 2 is 1.97 bits per heavy atom. The molecule has 2 aromatic carbocycles. The summed E-state index contributed by atoms with van der Waals surface area (Å²) in [6.07, 6.45) is -0.547. The maximum Gasteiger partial charge on any atom is 0.416 e. The van der Waals surface area contributed by atoms with E-state index in [1.807, 2.05) is 35.9 Å². The van der Waals surface area contributed by atoms with Crippen molar-refractivity contribution in [2.45, 2.75) is 32.6 Å². The van der Waals surface area contributed by atoms with E-state index in [-0.39, 0.29) is 37.0 Å². The molecule has 9 heteroatoms. The molecule has 1 aliphatic heterocycles. The number of para-hydroxylation sites is 1. The lowest BCUT2D eigenvalue weighted by atomic mass is 9.92. The molecule has 188 valence electrons. The summed E-state index contributed by atoms with van der Waals surface area (Å²) >= 11 is 0. The summed E-state index contributed by atoms with van der Waals surface area (Å²) in [6.45, 7) is 3.89. The normalized spacial score (nSPS) is 14.1. The standard InChI is InChI=1S/C26H28F3N3O2.ClH/c1-17-4-3-5-20-22(16-32(24(17)20)12-13-34-2)25(33)31-10-8-19(9-11-31)21-14-18(15-30)6-7-23(21)26(27,28)29;/h3-8,14,16H,9-13,15,30H2,1-2H3;1H. The molecule has 0 aliphatic carbocycles. The second kappa shape index (κ2) is 10.8.